The first-order chi connectivity index (χ1) is 23.1. The van der Waals surface area contributed by atoms with Crippen molar-refractivity contribution in [3.8, 4) is 16.8 Å². The molecule has 5 aromatic rings. The largest absolute Gasteiger partial charge is 0.337 e. The predicted octanol–water partition coefficient (Wildman–Crippen LogP) is 7.77. The normalized spacial score (nSPS) is 16.5. The highest BCUT2D eigenvalue weighted by Crippen LogP contribution is 2.34. The van der Waals surface area contributed by atoms with E-state index >= 15 is 0 Å². The Labute approximate surface area is 280 Å². The smallest absolute Gasteiger partial charge is 0.292 e. The summed E-state index contributed by atoms with van der Waals surface area (Å²) in [6.07, 6.45) is 8.58. The molecule has 2 aromatic carbocycles. The van der Waals surface area contributed by atoms with Crippen LogP contribution in [-0.4, -0.2) is 29.7 Å². The van der Waals surface area contributed by atoms with Crippen molar-refractivity contribution < 1.29 is 9.18 Å². The molecule has 9 heteroatoms. The molecule has 3 heterocycles. The monoisotopic (exact) mass is 649 g/mol. The molecule has 3 aromatic heterocycles. The summed E-state index contributed by atoms with van der Waals surface area (Å²) in [5.41, 5.74) is 4.27. The third-order valence-corrected chi connectivity index (χ3v) is 9.84. The fraction of sp³-hybridized carbons (Fsp3) is 0.410. The Bertz CT molecular complexity index is 2030. The van der Waals surface area contributed by atoms with Crippen LogP contribution in [-0.2, 0) is 13.5 Å². The van der Waals surface area contributed by atoms with Gasteiger partial charge < -0.3 is 0 Å². The molecule has 0 spiro atoms. The van der Waals surface area contributed by atoms with Gasteiger partial charge in [0, 0.05) is 25.2 Å². The first kappa shape index (κ1) is 33.2. The Morgan fingerprint density at radius 3 is 2.40 bits per heavy atom. The lowest BCUT2D eigenvalue weighted by Gasteiger charge is -2.29. The minimum atomic E-state index is -0.638. The van der Waals surface area contributed by atoms with Crippen molar-refractivity contribution in [2.45, 2.75) is 84.6 Å². The third-order valence-electron chi connectivity index (χ3n) is 9.84. The van der Waals surface area contributed by atoms with E-state index in [0.717, 1.165) is 41.8 Å². The number of pyridine rings is 1. The molecule has 0 atom stereocenters. The summed E-state index contributed by atoms with van der Waals surface area (Å²) in [6, 6.07) is 18.7. The molecule has 0 aliphatic heterocycles. The second-order valence-electron chi connectivity index (χ2n) is 13.8. The fourth-order valence-electron chi connectivity index (χ4n) is 6.98. The lowest BCUT2D eigenvalue weighted by Crippen LogP contribution is -2.43. The Morgan fingerprint density at radius 2 is 1.71 bits per heavy atom. The van der Waals surface area contributed by atoms with E-state index < -0.39 is 17.1 Å². The van der Waals surface area contributed by atoms with E-state index in [2.05, 4.69) is 48.2 Å². The van der Waals surface area contributed by atoms with Gasteiger partial charge in [0.15, 0.2) is 11.4 Å². The average molecular weight is 650 g/mol. The van der Waals surface area contributed by atoms with E-state index in [0.29, 0.717) is 43.5 Å². The van der Waals surface area contributed by atoms with Gasteiger partial charge in [-0.15, -0.1) is 0 Å². The van der Waals surface area contributed by atoms with Crippen molar-refractivity contribution in [1.29, 1.82) is 0 Å². The van der Waals surface area contributed by atoms with Crippen LogP contribution < -0.4 is 11.2 Å². The van der Waals surface area contributed by atoms with Gasteiger partial charge in [0.1, 0.15) is 11.5 Å². The highest BCUT2D eigenvalue weighted by Gasteiger charge is 2.29. The lowest BCUT2D eigenvalue weighted by molar-refractivity contribution is 0.0937. The Kier molecular flexibility index (Phi) is 9.85. The van der Waals surface area contributed by atoms with Crippen molar-refractivity contribution in [2.75, 3.05) is 0 Å². The van der Waals surface area contributed by atoms with Crippen molar-refractivity contribution in [3.05, 3.63) is 110 Å². The second-order valence-corrected chi connectivity index (χ2v) is 13.8. The zero-order chi connectivity index (χ0) is 33.9. The van der Waals surface area contributed by atoms with Crippen molar-refractivity contribution >= 4 is 16.8 Å². The maximum Gasteiger partial charge on any atom is 0.337 e. The predicted molar refractivity (Wildman–Crippen MR) is 187 cm³/mol. The third kappa shape index (κ3) is 7.10. The van der Waals surface area contributed by atoms with Gasteiger partial charge in [-0.25, -0.2) is 18.7 Å². The quantitative estimate of drug-likeness (QED) is 0.108. The number of ketones is 1. The van der Waals surface area contributed by atoms with E-state index in [1.165, 1.54) is 33.6 Å². The molecule has 0 N–H and O–H groups in total. The van der Waals surface area contributed by atoms with Crippen molar-refractivity contribution in [3.63, 3.8) is 0 Å². The summed E-state index contributed by atoms with van der Waals surface area (Å²) in [5.74, 6) is 0.223. The number of hydrogen-bond acceptors (Lipinski definition) is 5. The second kappa shape index (κ2) is 14.2. The standard InChI is InChI=1S/C39H44FN5O3/c1-25(2)8-5-6-9-27-12-16-29(17-13-27)30-10-7-11-33(22-30)44-37-34(23-31(40)24-41-37)38(47)45(39(44)48)32-18-14-28(15-19-32)21-36(46)35-20-26(3)43(4)42-35/h7,10-13,16-17,20,22-25,28,32H,5-6,8-9,14-15,18-19,21H2,1-4H3. The summed E-state index contributed by atoms with van der Waals surface area (Å²) in [6.45, 7) is 6.42. The average Bonchev–Trinajstić information content (AvgIpc) is 3.42. The first-order valence-corrected chi connectivity index (χ1v) is 17.2. The number of hydrogen-bond donors (Lipinski definition) is 0. The lowest BCUT2D eigenvalue weighted by atomic mass is 9.82. The number of fused-ring (bicyclic) bond motifs is 1. The summed E-state index contributed by atoms with van der Waals surface area (Å²) < 4.78 is 18.9. The summed E-state index contributed by atoms with van der Waals surface area (Å²) in [7, 11) is 1.82. The first-order valence-electron chi connectivity index (χ1n) is 17.2. The van der Waals surface area contributed by atoms with Gasteiger partial charge in [0.05, 0.1) is 17.3 Å². The van der Waals surface area contributed by atoms with Crippen LogP contribution in [0.25, 0.3) is 27.8 Å². The van der Waals surface area contributed by atoms with Gasteiger partial charge in [-0.1, -0.05) is 63.1 Å². The zero-order valence-corrected chi connectivity index (χ0v) is 28.3. The molecule has 6 rings (SSSR count). The molecule has 1 aliphatic carbocycles. The van der Waals surface area contributed by atoms with Crippen molar-refractivity contribution in [1.82, 2.24) is 23.9 Å². The molecule has 1 fully saturated rings. The molecular weight excluding hydrogens is 605 g/mol. The number of rotatable bonds is 11. The number of halogens is 1. The van der Waals surface area contributed by atoms with Gasteiger partial charge in [0.2, 0.25) is 0 Å². The van der Waals surface area contributed by atoms with Crippen LogP contribution in [0.5, 0.6) is 0 Å². The number of nitrogens with zero attached hydrogens (tertiary/aromatic N) is 5. The van der Waals surface area contributed by atoms with Gasteiger partial charge in [-0.05, 0) is 98.2 Å². The number of carbonyl (C=O) groups is 1. The number of benzene rings is 2. The van der Waals surface area contributed by atoms with Crippen molar-refractivity contribution in [2.24, 2.45) is 18.9 Å². The Balaban J connectivity index is 1.27. The maximum absolute atomic E-state index is 14.5. The Hall–Kier alpha value is -4.66. The Morgan fingerprint density at radius 1 is 0.958 bits per heavy atom. The van der Waals surface area contributed by atoms with E-state index in [4.69, 9.17) is 0 Å². The molecule has 1 aliphatic rings. The minimum Gasteiger partial charge on any atom is -0.292 e. The maximum atomic E-state index is 14.5. The van der Waals surface area contributed by atoms with E-state index in [1.54, 1.807) is 10.7 Å². The van der Waals surface area contributed by atoms with Crippen LogP contribution >= 0.6 is 0 Å². The zero-order valence-electron chi connectivity index (χ0n) is 28.3. The van der Waals surface area contributed by atoms with Gasteiger partial charge in [0.25, 0.3) is 5.56 Å². The van der Waals surface area contributed by atoms with Crippen LogP contribution in [0.15, 0.2) is 76.4 Å². The van der Waals surface area contributed by atoms with Crippen LogP contribution in [0.2, 0.25) is 0 Å². The highest BCUT2D eigenvalue weighted by atomic mass is 19.1. The molecule has 1 saturated carbocycles. The molecule has 8 nitrogen and oxygen atoms in total. The summed E-state index contributed by atoms with van der Waals surface area (Å²) >= 11 is 0. The molecule has 0 unspecified atom stereocenters. The van der Waals surface area contributed by atoms with Gasteiger partial charge in [-0.2, -0.15) is 5.10 Å². The molecule has 0 radical (unpaired) electrons. The van der Waals surface area contributed by atoms with Gasteiger partial charge in [-0.3, -0.25) is 18.8 Å². The van der Waals surface area contributed by atoms with E-state index in [1.807, 2.05) is 38.2 Å². The van der Waals surface area contributed by atoms with E-state index in [9.17, 15) is 18.8 Å². The molecule has 250 valence electrons. The topological polar surface area (TPSA) is 91.8 Å². The number of unbranched alkanes of at least 4 members (excludes halogenated alkanes) is 1. The molecule has 0 bridgehead atoms. The number of Topliss-reactive ketones (excluding diaryl/α,β-unsaturated/α-hetero) is 1. The van der Waals surface area contributed by atoms with Crippen LogP contribution in [0.1, 0.15) is 93.0 Å². The van der Waals surface area contributed by atoms with Gasteiger partial charge >= 0.3 is 5.69 Å². The summed E-state index contributed by atoms with van der Waals surface area (Å²) in [5, 5.41) is 4.38. The fourth-order valence-corrected chi connectivity index (χ4v) is 6.98. The molecule has 0 amide bonds. The minimum absolute atomic E-state index is 0.00471. The summed E-state index contributed by atoms with van der Waals surface area (Å²) in [4.78, 5) is 45.2. The highest BCUT2D eigenvalue weighted by molar-refractivity contribution is 5.94. The molecular formula is C39H44FN5O3. The number of aromatic nitrogens is 5. The van der Waals surface area contributed by atoms with Crippen LogP contribution in [0.4, 0.5) is 4.39 Å². The molecule has 48 heavy (non-hydrogen) atoms. The van der Waals surface area contributed by atoms with Crippen LogP contribution in [0, 0.1) is 24.6 Å². The SMILES string of the molecule is Cc1cc(C(=O)CC2CCC(n3c(=O)c4cc(F)cnc4n(-c4cccc(-c5ccc(CCCCC(C)C)cc5)c4)c3=O)CC2)nn1C. The number of aryl methyl sites for hydroxylation is 3. The number of carbonyl (C=O) groups excluding carboxylic acids is 1. The van der Waals surface area contributed by atoms with E-state index in [-0.39, 0.29) is 28.8 Å². The van der Waals surface area contributed by atoms with Crippen LogP contribution in [0.3, 0.4) is 0 Å². The molecule has 0 saturated heterocycles.